The molecule has 0 spiro atoms. The number of carboxylic acid groups (broad SMARTS) is 1. The predicted octanol–water partition coefficient (Wildman–Crippen LogP) is 2.20. The van der Waals surface area contributed by atoms with Gasteiger partial charge in [0.15, 0.2) is 5.54 Å². The van der Waals surface area contributed by atoms with E-state index in [4.69, 9.17) is 4.74 Å². The lowest BCUT2D eigenvalue weighted by molar-refractivity contribution is -0.148. The number of halogens is 1. The fourth-order valence-corrected chi connectivity index (χ4v) is 2.60. The molecule has 6 heteroatoms. The predicted molar refractivity (Wildman–Crippen MR) is 77.7 cm³/mol. The van der Waals surface area contributed by atoms with Crippen molar-refractivity contribution in [3.8, 4) is 0 Å². The lowest BCUT2D eigenvalue weighted by Gasteiger charge is -2.27. The third-order valence-corrected chi connectivity index (χ3v) is 3.99. The van der Waals surface area contributed by atoms with Gasteiger partial charge in [0, 0.05) is 0 Å². The Kier molecular flexibility index (Phi) is 5.13. The van der Waals surface area contributed by atoms with Gasteiger partial charge in [-0.2, -0.15) is 0 Å². The Morgan fingerprint density at radius 2 is 1.91 bits per heavy atom. The second kappa shape index (κ2) is 6.87. The van der Waals surface area contributed by atoms with E-state index in [1.165, 1.54) is 19.1 Å². The summed E-state index contributed by atoms with van der Waals surface area (Å²) in [7, 11) is 0. The van der Waals surface area contributed by atoms with E-state index in [-0.39, 0.29) is 12.7 Å². The lowest BCUT2D eigenvalue weighted by Crippen LogP contribution is -2.50. The van der Waals surface area contributed by atoms with Crippen molar-refractivity contribution in [2.75, 3.05) is 6.61 Å². The van der Waals surface area contributed by atoms with Gasteiger partial charge in [0.05, 0.1) is 6.10 Å². The quantitative estimate of drug-likeness (QED) is 0.844. The fourth-order valence-electron chi connectivity index (χ4n) is 2.60. The van der Waals surface area contributed by atoms with Crippen molar-refractivity contribution in [3.63, 3.8) is 0 Å². The molecule has 0 aliphatic heterocycles. The average Bonchev–Trinajstić information content (AvgIpc) is 2.98. The molecule has 1 aliphatic rings. The first-order valence-electron chi connectivity index (χ1n) is 7.34. The molecule has 22 heavy (non-hydrogen) atoms. The molecule has 1 unspecified atom stereocenters. The van der Waals surface area contributed by atoms with E-state index in [1.54, 1.807) is 0 Å². The van der Waals surface area contributed by atoms with E-state index < -0.39 is 23.2 Å². The monoisotopic (exact) mass is 309 g/mol. The molecule has 1 atom stereocenters. The number of carbonyl (C=O) groups excluding carboxylic acids is 1. The minimum Gasteiger partial charge on any atom is -0.479 e. The molecule has 1 aromatic rings. The second-order valence-corrected chi connectivity index (χ2v) is 5.70. The SMILES string of the molecule is CC(NC(=O)COC1CCCC1)(C(=O)O)c1ccc(F)cc1. The van der Waals surface area contributed by atoms with Crippen LogP contribution in [0.5, 0.6) is 0 Å². The van der Waals surface area contributed by atoms with E-state index in [9.17, 15) is 19.1 Å². The van der Waals surface area contributed by atoms with Crippen molar-refractivity contribution >= 4 is 11.9 Å². The number of benzene rings is 1. The van der Waals surface area contributed by atoms with Crippen LogP contribution in [0.15, 0.2) is 24.3 Å². The van der Waals surface area contributed by atoms with Crippen molar-refractivity contribution in [3.05, 3.63) is 35.6 Å². The highest BCUT2D eigenvalue weighted by molar-refractivity contribution is 5.88. The number of ether oxygens (including phenoxy) is 1. The number of hydrogen-bond donors (Lipinski definition) is 2. The summed E-state index contributed by atoms with van der Waals surface area (Å²) >= 11 is 0. The van der Waals surface area contributed by atoms with Crippen LogP contribution in [-0.4, -0.2) is 29.7 Å². The maximum Gasteiger partial charge on any atom is 0.333 e. The highest BCUT2D eigenvalue weighted by atomic mass is 19.1. The van der Waals surface area contributed by atoms with Crippen molar-refractivity contribution in [1.29, 1.82) is 0 Å². The molecule has 1 fully saturated rings. The minimum absolute atomic E-state index is 0.0765. The van der Waals surface area contributed by atoms with Crippen molar-refractivity contribution in [1.82, 2.24) is 5.32 Å². The summed E-state index contributed by atoms with van der Waals surface area (Å²) in [4.78, 5) is 23.5. The zero-order valence-corrected chi connectivity index (χ0v) is 12.5. The van der Waals surface area contributed by atoms with E-state index in [1.807, 2.05) is 0 Å². The van der Waals surface area contributed by atoms with Gasteiger partial charge in [-0.3, -0.25) is 4.79 Å². The number of carboxylic acids is 1. The van der Waals surface area contributed by atoms with E-state index in [2.05, 4.69) is 5.32 Å². The third kappa shape index (κ3) is 3.82. The van der Waals surface area contributed by atoms with Gasteiger partial charge in [-0.25, -0.2) is 9.18 Å². The molecular weight excluding hydrogens is 289 g/mol. The van der Waals surface area contributed by atoms with Gasteiger partial charge in [-0.05, 0) is 37.5 Å². The first-order chi connectivity index (χ1) is 10.4. The normalized spacial score (nSPS) is 17.9. The van der Waals surface area contributed by atoms with Crippen LogP contribution in [0.1, 0.15) is 38.2 Å². The van der Waals surface area contributed by atoms with Crippen LogP contribution in [0.25, 0.3) is 0 Å². The van der Waals surface area contributed by atoms with Gasteiger partial charge >= 0.3 is 5.97 Å². The van der Waals surface area contributed by atoms with E-state index in [0.29, 0.717) is 5.56 Å². The Hall–Kier alpha value is -1.95. The first-order valence-corrected chi connectivity index (χ1v) is 7.34. The highest BCUT2D eigenvalue weighted by Crippen LogP contribution is 2.23. The maximum atomic E-state index is 13.0. The van der Waals surface area contributed by atoms with E-state index in [0.717, 1.165) is 37.8 Å². The molecule has 1 aliphatic carbocycles. The summed E-state index contributed by atoms with van der Waals surface area (Å²) in [6.45, 7) is 1.20. The molecule has 2 N–H and O–H groups in total. The second-order valence-electron chi connectivity index (χ2n) is 5.70. The van der Waals surface area contributed by atoms with Crippen molar-refractivity contribution < 1.29 is 23.8 Å². The van der Waals surface area contributed by atoms with Gasteiger partial charge in [-0.15, -0.1) is 0 Å². The Morgan fingerprint density at radius 1 is 1.32 bits per heavy atom. The molecule has 0 heterocycles. The van der Waals surface area contributed by atoms with Crippen molar-refractivity contribution in [2.45, 2.75) is 44.2 Å². The van der Waals surface area contributed by atoms with Crippen LogP contribution in [0.3, 0.4) is 0 Å². The van der Waals surface area contributed by atoms with Crippen LogP contribution in [-0.2, 0) is 19.9 Å². The van der Waals surface area contributed by atoms with E-state index >= 15 is 0 Å². The molecule has 0 saturated heterocycles. The summed E-state index contributed by atoms with van der Waals surface area (Å²) in [6.07, 6.45) is 4.12. The molecule has 5 nitrogen and oxygen atoms in total. The number of hydrogen-bond acceptors (Lipinski definition) is 3. The fraction of sp³-hybridized carbons (Fsp3) is 0.500. The van der Waals surface area contributed by atoms with Gasteiger partial charge in [0.1, 0.15) is 12.4 Å². The first kappa shape index (κ1) is 16.4. The Balaban J connectivity index is 2.02. The average molecular weight is 309 g/mol. The molecule has 1 aromatic carbocycles. The molecule has 0 radical (unpaired) electrons. The summed E-state index contributed by atoms with van der Waals surface area (Å²) in [6, 6.07) is 5.03. The number of aliphatic carboxylic acids is 1. The van der Waals surface area contributed by atoms with Crippen LogP contribution in [0.4, 0.5) is 4.39 Å². The molecule has 1 saturated carbocycles. The van der Waals surface area contributed by atoms with Gasteiger partial charge in [0.2, 0.25) is 5.91 Å². The standard InChI is InChI=1S/C16H20FNO4/c1-16(15(20)21,11-6-8-12(17)9-7-11)18-14(19)10-22-13-4-2-3-5-13/h6-9,13H,2-5,10H2,1H3,(H,18,19)(H,20,21). The Morgan fingerprint density at radius 3 is 2.45 bits per heavy atom. The van der Waals surface area contributed by atoms with Crippen LogP contribution in [0.2, 0.25) is 0 Å². The van der Waals surface area contributed by atoms with Crippen molar-refractivity contribution in [2.24, 2.45) is 0 Å². The largest absolute Gasteiger partial charge is 0.479 e. The molecular formula is C16H20FNO4. The number of nitrogens with one attached hydrogen (secondary N) is 1. The summed E-state index contributed by atoms with van der Waals surface area (Å²) in [5, 5.41) is 11.9. The maximum absolute atomic E-state index is 13.0. The van der Waals surface area contributed by atoms with Crippen LogP contribution >= 0.6 is 0 Å². The zero-order valence-electron chi connectivity index (χ0n) is 12.5. The zero-order chi connectivity index (χ0) is 16.2. The minimum atomic E-state index is -1.62. The third-order valence-electron chi connectivity index (χ3n) is 3.99. The molecule has 2 rings (SSSR count). The summed E-state index contributed by atoms with van der Waals surface area (Å²) in [5.41, 5.74) is -1.32. The van der Waals surface area contributed by atoms with Gasteiger partial charge in [-0.1, -0.05) is 25.0 Å². The topological polar surface area (TPSA) is 75.6 Å². The highest BCUT2D eigenvalue weighted by Gasteiger charge is 2.37. The molecule has 0 bridgehead atoms. The smallest absolute Gasteiger partial charge is 0.333 e. The number of rotatable bonds is 6. The number of carbonyl (C=O) groups is 2. The molecule has 0 aromatic heterocycles. The molecule has 1 amide bonds. The Bertz CT molecular complexity index is 540. The van der Waals surface area contributed by atoms with Gasteiger partial charge < -0.3 is 15.2 Å². The Labute approximate surface area is 128 Å². The van der Waals surface area contributed by atoms with Gasteiger partial charge in [0.25, 0.3) is 0 Å². The lowest BCUT2D eigenvalue weighted by atomic mass is 9.92. The molecule has 120 valence electrons. The van der Waals surface area contributed by atoms with Crippen LogP contribution in [0, 0.1) is 5.82 Å². The summed E-state index contributed by atoms with van der Waals surface area (Å²) in [5.74, 6) is -2.18. The van der Waals surface area contributed by atoms with Crippen LogP contribution < -0.4 is 5.32 Å². The summed E-state index contributed by atoms with van der Waals surface area (Å²) < 4.78 is 18.5. The number of amides is 1.